The Morgan fingerprint density at radius 1 is 0.526 bits per heavy atom. The van der Waals surface area contributed by atoms with Crippen LogP contribution >= 0.6 is 0 Å². The number of quaternary nitrogens is 2. The number of nitrogens with one attached hydrogen (secondary N) is 2. The molecule has 0 saturated carbocycles. The number of fused-ring (bicyclic) bond motifs is 8. The van der Waals surface area contributed by atoms with Gasteiger partial charge in [0.1, 0.15) is 11.5 Å². The SMILES string of the molecule is CCCCCCCCCCCc1c2nc(cc3ccc([nH]3)c(-c3cc(OCCC[N+](C)(C)C)cc(OCCC[N+](C)(C)C)c3)c3ccc(cc4nc1C=C4)[nH]3)C=C2. The lowest BCUT2D eigenvalue weighted by atomic mass is 10.0. The number of hydrogen-bond donors (Lipinski definition) is 2. The maximum atomic E-state index is 6.44. The molecule has 0 unspecified atom stereocenters. The highest BCUT2D eigenvalue weighted by atomic mass is 16.5. The van der Waals surface area contributed by atoms with Gasteiger partial charge in [0.25, 0.3) is 0 Å². The molecule has 0 fully saturated rings. The van der Waals surface area contributed by atoms with E-state index in [0.29, 0.717) is 13.2 Å². The second kappa shape index (κ2) is 19.7. The maximum absolute atomic E-state index is 6.44. The number of benzene rings is 1. The van der Waals surface area contributed by atoms with Gasteiger partial charge in [-0.15, -0.1) is 0 Å². The Morgan fingerprint density at radius 3 is 1.47 bits per heavy atom. The van der Waals surface area contributed by atoms with Gasteiger partial charge < -0.3 is 28.4 Å². The van der Waals surface area contributed by atoms with E-state index in [4.69, 9.17) is 19.4 Å². The molecule has 0 radical (unpaired) electrons. The van der Waals surface area contributed by atoms with Gasteiger partial charge in [-0.3, -0.25) is 0 Å². The van der Waals surface area contributed by atoms with E-state index in [1.807, 2.05) is 6.07 Å². The topological polar surface area (TPSA) is 75.8 Å². The quantitative estimate of drug-likeness (QED) is 0.0564. The minimum absolute atomic E-state index is 0.639. The summed E-state index contributed by atoms with van der Waals surface area (Å²) < 4.78 is 14.7. The Bertz CT molecular complexity index is 2030. The van der Waals surface area contributed by atoms with Gasteiger partial charge in [0.05, 0.1) is 91.4 Å². The van der Waals surface area contributed by atoms with Gasteiger partial charge in [-0.05, 0) is 91.2 Å². The summed E-state index contributed by atoms with van der Waals surface area (Å²) in [4.78, 5) is 17.8. The van der Waals surface area contributed by atoms with Crippen molar-refractivity contribution in [3.63, 3.8) is 0 Å². The van der Waals surface area contributed by atoms with Crippen molar-refractivity contribution in [2.75, 3.05) is 68.6 Å². The average Bonchev–Trinajstić information content (AvgIpc) is 3.99. The number of nitrogens with zero attached hydrogens (tertiary/aromatic N) is 4. The number of aromatic amines is 2. The fourth-order valence-electron chi connectivity index (χ4n) is 7.65. The zero-order valence-electron chi connectivity index (χ0n) is 35.9. The van der Waals surface area contributed by atoms with Crippen LogP contribution in [-0.4, -0.2) is 97.5 Å². The van der Waals surface area contributed by atoms with Gasteiger partial charge >= 0.3 is 0 Å². The summed E-state index contributed by atoms with van der Waals surface area (Å²) in [7, 11) is 13.3. The number of unbranched alkanes of at least 4 members (excludes halogenated alkanes) is 8. The van der Waals surface area contributed by atoms with Crippen LogP contribution < -0.4 is 9.47 Å². The number of H-pyrrole nitrogens is 2. The molecule has 2 N–H and O–H groups in total. The summed E-state index contributed by atoms with van der Waals surface area (Å²) in [5.41, 5.74) is 11.2. The summed E-state index contributed by atoms with van der Waals surface area (Å²) in [5, 5.41) is 0. The third kappa shape index (κ3) is 12.9. The third-order valence-corrected chi connectivity index (χ3v) is 10.7. The Labute approximate surface area is 341 Å². The standard InChI is InChI=1S/C49H68N6O2/c1-8-9-10-11-12-13-14-15-16-19-44-45-24-20-38(50-45)34-40-22-26-47(52-40)49(48-27-23-41(53-48)35-39-21-25-46(44)51-39)37-32-42(56-30-17-28-54(2,3)4)36-43(33-37)57-31-18-29-55(5,6)7/h20-27,32-36,52-53H,8-19,28-31H2,1-7H3/q+2. The molecular formula is C49H68N6O2+2. The molecule has 0 atom stereocenters. The zero-order chi connectivity index (χ0) is 40.3. The van der Waals surface area contributed by atoms with Crippen LogP contribution in [0.5, 0.6) is 11.5 Å². The molecular weight excluding hydrogens is 705 g/mol. The van der Waals surface area contributed by atoms with Crippen molar-refractivity contribution in [1.29, 1.82) is 0 Å². The number of rotatable bonds is 21. The predicted octanol–water partition coefficient (Wildman–Crippen LogP) is 11.3. The Morgan fingerprint density at radius 2 is 1.00 bits per heavy atom. The number of ether oxygens (including phenoxy) is 2. The average molecular weight is 773 g/mol. The van der Waals surface area contributed by atoms with E-state index in [2.05, 4.69) is 132 Å². The summed E-state index contributed by atoms with van der Waals surface area (Å²) in [6, 6.07) is 19.2. The highest BCUT2D eigenvalue weighted by molar-refractivity contribution is 5.94. The highest BCUT2D eigenvalue weighted by Crippen LogP contribution is 2.35. The second-order valence-electron chi connectivity index (χ2n) is 18.0. The minimum atomic E-state index is 0.639. The predicted molar refractivity (Wildman–Crippen MR) is 241 cm³/mol. The van der Waals surface area contributed by atoms with E-state index in [0.717, 1.165) is 115 Å². The lowest BCUT2D eigenvalue weighted by molar-refractivity contribution is -0.870. The van der Waals surface area contributed by atoms with Crippen LogP contribution in [0, 0.1) is 0 Å². The largest absolute Gasteiger partial charge is 0.493 e. The fraction of sp³-hybridized carbons (Fsp3) is 0.469. The molecule has 1 aromatic carbocycles. The normalized spacial score (nSPS) is 12.8. The lowest BCUT2D eigenvalue weighted by Gasteiger charge is -2.24. The van der Waals surface area contributed by atoms with Crippen LogP contribution in [0.4, 0.5) is 0 Å². The zero-order valence-corrected chi connectivity index (χ0v) is 35.9. The fourth-order valence-corrected chi connectivity index (χ4v) is 7.65. The monoisotopic (exact) mass is 773 g/mol. The molecule has 4 aromatic rings. The molecule has 8 bridgehead atoms. The molecule has 2 aliphatic heterocycles. The molecule has 0 amide bonds. The maximum Gasteiger partial charge on any atom is 0.123 e. The van der Waals surface area contributed by atoms with E-state index in [1.54, 1.807) is 0 Å². The van der Waals surface area contributed by atoms with E-state index in [1.165, 1.54) is 56.9 Å². The van der Waals surface area contributed by atoms with E-state index in [-0.39, 0.29) is 0 Å². The van der Waals surface area contributed by atoms with E-state index < -0.39 is 0 Å². The Balaban J connectivity index is 1.36. The molecule has 0 spiro atoms. The van der Waals surface area contributed by atoms with Crippen molar-refractivity contribution in [3.8, 4) is 22.6 Å². The molecule has 8 heteroatoms. The number of hydrogen-bond acceptors (Lipinski definition) is 4. The van der Waals surface area contributed by atoms with Crippen LogP contribution in [0.1, 0.15) is 106 Å². The Hall–Kier alpha value is -4.66. The van der Waals surface area contributed by atoms with Gasteiger partial charge in [0.15, 0.2) is 0 Å². The van der Waals surface area contributed by atoms with E-state index in [9.17, 15) is 0 Å². The number of aromatic nitrogens is 4. The molecule has 2 aliphatic rings. The van der Waals surface area contributed by atoms with Crippen LogP contribution in [-0.2, 0) is 6.42 Å². The van der Waals surface area contributed by atoms with Crippen molar-refractivity contribution < 1.29 is 18.4 Å². The van der Waals surface area contributed by atoms with Crippen LogP contribution in [0.15, 0.2) is 54.6 Å². The van der Waals surface area contributed by atoms with Gasteiger partial charge in [-0.25, -0.2) is 9.97 Å². The first-order valence-electron chi connectivity index (χ1n) is 21.5. The summed E-state index contributed by atoms with van der Waals surface area (Å²) in [6.07, 6.45) is 23.3. The van der Waals surface area contributed by atoms with Crippen molar-refractivity contribution in [3.05, 3.63) is 82.9 Å². The van der Waals surface area contributed by atoms with Crippen molar-refractivity contribution in [2.24, 2.45) is 0 Å². The second-order valence-corrected chi connectivity index (χ2v) is 18.0. The first-order chi connectivity index (χ1) is 27.4. The first kappa shape index (κ1) is 42.0. The summed E-state index contributed by atoms with van der Waals surface area (Å²) in [5.74, 6) is 1.62. The lowest BCUT2D eigenvalue weighted by Crippen LogP contribution is -2.36. The molecule has 5 heterocycles. The minimum Gasteiger partial charge on any atom is -0.493 e. The van der Waals surface area contributed by atoms with Crippen molar-refractivity contribution in [1.82, 2.24) is 19.9 Å². The molecule has 8 nitrogen and oxygen atoms in total. The first-order valence-corrected chi connectivity index (χ1v) is 21.5. The molecule has 0 aliphatic carbocycles. The van der Waals surface area contributed by atoms with Gasteiger partial charge in [0.2, 0.25) is 0 Å². The van der Waals surface area contributed by atoms with Crippen LogP contribution in [0.3, 0.4) is 0 Å². The van der Waals surface area contributed by atoms with Gasteiger partial charge in [-0.2, -0.15) is 0 Å². The molecule has 57 heavy (non-hydrogen) atoms. The Kier molecular flexibility index (Phi) is 14.5. The van der Waals surface area contributed by atoms with E-state index >= 15 is 0 Å². The molecule has 6 rings (SSSR count). The molecule has 3 aromatic heterocycles. The third-order valence-electron chi connectivity index (χ3n) is 10.7. The van der Waals surface area contributed by atoms with Crippen LogP contribution in [0.25, 0.3) is 57.5 Å². The smallest absolute Gasteiger partial charge is 0.123 e. The van der Waals surface area contributed by atoms with Gasteiger partial charge in [0, 0.05) is 52.1 Å². The molecule has 304 valence electrons. The van der Waals surface area contributed by atoms with Crippen molar-refractivity contribution >= 4 is 46.4 Å². The summed E-state index contributed by atoms with van der Waals surface area (Å²) in [6.45, 7) is 5.63. The molecule has 0 saturated heterocycles. The van der Waals surface area contributed by atoms with Gasteiger partial charge in [-0.1, -0.05) is 58.3 Å². The summed E-state index contributed by atoms with van der Waals surface area (Å²) >= 11 is 0. The van der Waals surface area contributed by atoms with Crippen molar-refractivity contribution in [2.45, 2.75) is 84.0 Å². The highest BCUT2D eigenvalue weighted by Gasteiger charge is 2.15. The van der Waals surface area contributed by atoms with Crippen LogP contribution in [0.2, 0.25) is 0 Å².